The van der Waals surface area contributed by atoms with E-state index in [2.05, 4.69) is 10.4 Å². The van der Waals surface area contributed by atoms with Crippen molar-refractivity contribution in [2.45, 2.75) is 51.2 Å². The predicted octanol–water partition coefficient (Wildman–Crippen LogP) is 2.80. The van der Waals surface area contributed by atoms with E-state index in [0.717, 1.165) is 24.1 Å². The van der Waals surface area contributed by atoms with E-state index < -0.39 is 11.5 Å². The molecule has 3 aromatic heterocycles. The fraction of sp³-hybridized carbons (Fsp3) is 0.409. The van der Waals surface area contributed by atoms with Crippen LogP contribution in [0.25, 0.3) is 5.52 Å². The van der Waals surface area contributed by atoms with Crippen LogP contribution in [-0.2, 0) is 6.42 Å². The number of anilines is 1. The highest BCUT2D eigenvalue weighted by Gasteiger charge is 2.26. The molecule has 0 spiro atoms. The van der Waals surface area contributed by atoms with Crippen LogP contribution in [0.1, 0.15) is 55.2 Å². The molecule has 3 aromatic rings. The van der Waals surface area contributed by atoms with Gasteiger partial charge in [-0.15, -0.1) is 0 Å². The zero-order valence-corrected chi connectivity index (χ0v) is 17.4. The van der Waals surface area contributed by atoms with Crippen LogP contribution in [0.5, 0.6) is 5.75 Å². The van der Waals surface area contributed by atoms with E-state index in [1.165, 1.54) is 13.2 Å². The summed E-state index contributed by atoms with van der Waals surface area (Å²) < 4.78 is 8.72. The summed E-state index contributed by atoms with van der Waals surface area (Å²) in [5.41, 5.74) is 1.13. The summed E-state index contributed by atoms with van der Waals surface area (Å²) in [6.07, 6.45) is 6.55. The summed E-state index contributed by atoms with van der Waals surface area (Å²) in [5.74, 6) is -0.0362. The summed E-state index contributed by atoms with van der Waals surface area (Å²) in [5, 5.41) is 17.3. The van der Waals surface area contributed by atoms with Gasteiger partial charge in [0.2, 0.25) is 0 Å². The fourth-order valence-corrected chi connectivity index (χ4v) is 3.40. The Kier molecular flexibility index (Phi) is 5.11. The quantitative estimate of drug-likeness (QED) is 0.624. The minimum Gasteiger partial charge on any atom is -0.493 e. The number of methoxy groups -OCH3 is 1. The van der Waals surface area contributed by atoms with E-state index in [0.29, 0.717) is 24.3 Å². The van der Waals surface area contributed by atoms with Crippen molar-refractivity contribution < 1.29 is 14.6 Å². The molecule has 0 atom stereocenters. The van der Waals surface area contributed by atoms with Crippen molar-refractivity contribution in [1.82, 2.24) is 14.2 Å². The lowest BCUT2D eigenvalue weighted by atomic mass is 10.0. The van der Waals surface area contributed by atoms with Crippen LogP contribution in [0.3, 0.4) is 0 Å². The Bertz CT molecular complexity index is 1150. The van der Waals surface area contributed by atoms with E-state index in [-0.39, 0.29) is 17.2 Å². The molecule has 1 aliphatic rings. The summed E-state index contributed by atoms with van der Waals surface area (Å²) in [6.45, 7) is 3.53. The number of hydrogen-bond donors (Lipinski definition) is 2. The number of nitrogens with zero attached hydrogens (tertiary/aromatic N) is 3. The van der Waals surface area contributed by atoms with Crippen molar-refractivity contribution in [3.63, 3.8) is 0 Å². The lowest BCUT2D eigenvalue weighted by molar-refractivity contribution is 0.0711. The molecule has 8 heteroatoms. The van der Waals surface area contributed by atoms with Crippen LogP contribution in [-0.4, -0.2) is 37.9 Å². The molecule has 1 amide bonds. The second-order valence-electron chi connectivity index (χ2n) is 8.39. The molecule has 1 saturated carbocycles. The Hall–Kier alpha value is -3.13. The molecule has 0 aromatic carbocycles. The smallest absolute Gasteiger partial charge is 0.263 e. The first-order valence-electron chi connectivity index (χ1n) is 10.1. The largest absolute Gasteiger partial charge is 0.493 e. The van der Waals surface area contributed by atoms with E-state index in [1.807, 2.05) is 6.07 Å². The number of amides is 1. The Morgan fingerprint density at radius 2 is 2.13 bits per heavy atom. The zero-order valence-electron chi connectivity index (χ0n) is 17.4. The van der Waals surface area contributed by atoms with Crippen molar-refractivity contribution in [3.8, 4) is 5.75 Å². The molecule has 2 N–H and O–H groups in total. The zero-order chi connectivity index (χ0) is 21.5. The lowest BCUT2D eigenvalue weighted by Gasteiger charge is -2.15. The van der Waals surface area contributed by atoms with E-state index in [9.17, 15) is 14.7 Å². The number of aryl methyl sites for hydroxylation is 1. The molecule has 158 valence electrons. The third-order valence-corrected chi connectivity index (χ3v) is 5.23. The third-order valence-electron chi connectivity index (χ3n) is 5.23. The molecule has 0 saturated heterocycles. The Morgan fingerprint density at radius 3 is 2.80 bits per heavy atom. The van der Waals surface area contributed by atoms with Gasteiger partial charge in [0.25, 0.3) is 11.5 Å². The number of fused-ring (bicyclic) bond motifs is 1. The number of nitrogens with one attached hydrogen (secondary N) is 1. The molecule has 4 rings (SSSR count). The van der Waals surface area contributed by atoms with Crippen LogP contribution in [0.2, 0.25) is 0 Å². The van der Waals surface area contributed by atoms with Gasteiger partial charge in [-0.25, -0.2) is 4.52 Å². The van der Waals surface area contributed by atoms with Gasteiger partial charge in [0.15, 0.2) is 5.75 Å². The number of aliphatic hydroxyl groups is 1. The van der Waals surface area contributed by atoms with Crippen LogP contribution >= 0.6 is 0 Å². The molecule has 0 radical (unpaired) electrons. The first-order chi connectivity index (χ1) is 14.2. The first-order valence-corrected chi connectivity index (χ1v) is 10.1. The van der Waals surface area contributed by atoms with Gasteiger partial charge in [0.1, 0.15) is 5.56 Å². The molecular weight excluding hydrogens is 384 g/mol. The van der Waals surface area contributed by atoms with Gasteiger partial charge < -0.3 is 19.7 Å². The monoisotopic (exact) mass is 410 g/mol. The maximum Gasteiger partial charge on any atom is 0.263 e. The molecule has 1 aliphatic carbocycles. The van der Waals surface area contributed by atoms with Gasteiger partial charge in [0.05, 0.1) is 35.8 Å². The van der Waals surface area contributed by atoms with Crippen molar-refractivity contribution in [3.05, 3.63) is 58.3 Å². The Morgan fingerprint density at radius 1 is 1.37 bits per heavy atom. The molecule has 0 unspecified atom stereocenters. The van der Waals surface area contributed by atoms with E-state index in [4.69, 9.17) is 4.74 Å². The molecule has 8 nitrogen and oxygen atoms in total. The summed E-state index contributed by atoms with van der Waals surface area (Å²) in [6, 6.07) is 7.13. The molecule has 1 fully saturated rings. The van der Waals surface area contributed by atoms with Gasteiger partial charge in [-0.2, -0.15) is 5.10 Å². The maximum atomic E-state index is 12.8. The number of pyridine rings is 2. The average molecular weight is 410 g/mol. The highest BCUT2D eigenvalue weighted by molar-refractivity contribution is 6.05. The number of ether oxygens (including phenoxy) is 1. The second kappa shape index (κ2) is 7.60. The maximum absolute atomic E-state index is 12.8. The molecule has 30 heavy (non-hydrogen) atoms. The molecule has 0 bridgehead atoms. The Labute approximate surface area is 174 Å². The number of hydrogen-bond acceptors (Lipinski definition) is 5. The van der Waals surface area contributed by atoms with E-state index >= 15 is 0 Å². The normalized spacial score (nSPS) is 14.1. The Balaban J connectivity index is 1.61. The standard InChI is InChI=1S/C22H26N4O4/c1-22(2,29)9-8-14-11-16-12-18(19(30-3)13-26(16)24-14)23-20(27)17-5-4-10-25(21(17)28)15-6-7-15/h4-5,10-13,15,29H,6-9H2,1-3H3,(H,23,27). The van der Waals surface area contributed by atoms with Crippen molar-refractivity contribution in [2.24, 2.45) is 0 Å². The van der Waals surface area contributed by atoms with Crippen molar-refractivity contribution in [1.29, 1.82) is 0 Å². The predicted molar refractivity (Wildman–Crippen MR) is 113 cm³/mol. The van der Waals surface area contributed by atoms with Gasteiger partial charge in [-0.3, -0.25) is 9.59 Å². The summed E-state index contributed by atoms with van der Waals surface area (Å²) >= 11 is 0. The van der Waals surface area contributed by atoms with Crippen LogP contribution in [0, 0.1) is 0 Å². The van der Waals surface area contributed by atoms with Crippen LogP contribution in [0.15, 0.2) is 41.5 Å². The minimum absolute atomic E-state index is 0.103. The number of carbonyl (C=O) groups excluding carboxylic acids is 1. The van der Waals surface area contributed by atoms with E-state index in [1.54, 1.807) is 47.5 Å². The number of aromatic nitrogens is 3. The molecular formula is C22H26N4O4. The second-order valence-corrected chi connectivity index (χ2v) is 8.39. The lowest BCUT2D eigenvalue weighted by Crippen LogP contribution is -2.28. The number of rotatable bonds is 7. The highest BCUT2D eigenvalue weighted by atomic mass is 16.5. The fourth-order valence-electron chi connectivity index (χ4n) is 3.40. The minimum atomic E-state index is -0.768. The number of carbonyl (C=O) groups is 1. The van der Waals surface area contributed by atoms with Gasteiger partial charge in [-0.1, -0.05) is 0 Å². The first kappa shape index (κ1) is 20.2. The van der Waals surface area contributed by atoms with Gasteiger partial charge >= 0.3 is 0 Å². The third kappa shape index (κ3) is 4.23. The topological polar surface area (TPSA) is 97.9 Å². The van der Waals surface area contributed by atoms with Gasteiger partial charge in [-0.05, 0) is 63.8 Å². The van der Waals surface area contributed by atoms with Crippen molar-refractivity contribution >= 4 is 17.1 Å². The summed E-state index contributed by atoms with van der Waals surface area (Å²) in [4.78, 5) is 25.5. The van der Waals surface area contributed by atoms with Gasteiger partial charge in [0, 0.05) is 12.2 Å². The SMILES string of the molecule is COc1cn2nc(CCC(C)(C)O)cc2cc1NC(=O)c1cccn(C2CC2)c1=O. The van der Waals surface area contributed by atoms with Crippen LogP contribution in [0.4, 0.5) is 5.69 Å². The average Bonchev–Trinajstić information content (AvgIpc) is 3.45. The van der Waals surface area contributed by atoms with Crippen LogP contribution < -0.4 is 15.6 Å². The molecule has 0 aliphatic heterocycles. The highest BCUT2D eigenvalue weighted by Crippen LogP contribution is 2.33. The summed E-state index contributed by atoms with van der Waals surface area (Å²) in [7, 11) is 1.51. The van der Waals surface area contributed by atoms with Crippen molar-refractivity contribution in [2.75, 3.05) is 12.4 Å². The molecule has 3 heterocycles.